The lowest BCUT2D eigenvalue weighted by Gasteiger charge is -2.25. The van der Waals surface area contributed by atoms with Gasteiger partial charge in [-0.05, 0) is 46.6 Å². The number of likely N-dealkylation sites (N-methyl/N-ethyl adjacent to an activating group) is 1. The van der Waals surface area contributed by atoms with Crippen molar-refractivity contribution in [1.29, 1.82) is 0 Å². The lowest BCUT2D eigenvalue weighted by atomic mass is 10.1. The van der Waals surface area contributed by atoms with Crippen molar-refractivity contribution in [2.75, 3.05) is 26.7 Å². The second-order valence-electron chi connectivity index (χ2n) is 6.09. The van der Waals surface area contributed by atoms with E-state index in [1.807, 2.05) is 0 Å². The Labute approximate surface area is 95.4 Å². The highest BCUT2D eigenvalue weighted by molar-refractivity contribution is 4.73. The minimum atomic E-state index is 0.258. The highest BCUT2D eigenvalue weighted by Crippen LogP contribution is 2.24. The van der Waals surface area contributed by atoms with Gasteiger partial charge in [0.25, 0.3) is 0 Å². The van der Waals surface area contributed by atoms with Crippen LogP contribution in [-0.4, -0.2) is 37.1 Å². The van der Waals surface area contributed by atoms with Gasteiger partial charge < -0.3 is 10.2 Å². The molecule has 0 radical (unpaired) electrons. The molecule has 1 saturated carbocycles. The van der Waals surface area contributed by atoms with E-state index in [9.17, 15) is 0 Å². The molecule has 0 bridgehead atoms. The molecule has 90 valence electrons. The van der Waals surface area contributed by atoms with Crippen LogP contribution in [0.25, 0.3) is 0 Å². The van der Waals surface area contributed by atoms with Gasteiger partial charge >= 0.3 is 0 Å². The van der Waals surface area contributed by atoms with Crippen molar-refractivity contribution in [3.63, 3.8) is 0 Å². The van der Waals surface area contributed by atoms with Crippen molar-refractivity contribution in [2.45, 2.75) is 52.0 Å². The van der Waals surface area contributed by atoms with E-state index in [1.165, 1.54) is 38.8 Å². The maximum Gasteiger partial charge on any atom is 0.0104 e. The van der Waals surface area contributed by atoms with Gasteiger partial charge in [-0.2, -0.15) is 0 Å². The largest absolute Gasteiger partial charge is 0.311 e. The molecule has 0 spiro atoms. The first-order chi connectivity index (χ1) is 6.97. The fraction of sp³-hybridized carbons (Fsp3) is 1.00. The molecule has 0 saturated heterocycles. The Kier molecular flexibility index (Phi) is 5.07. The molecule has 0 atom stereocenters. The molecule has 1 rings (SSSR count). The Morgan fingerprint density at radius 1 is 1.20 bits per heavy atom. The second-order valence-corrected chi connectivity index (χ2v) is 6.09. The third-order valence-electron chi connectivity index (χ3n) is 3.19. The van der Waals surface area contributed by atoms with Gasteiger partial charge in [0.05, 0.1) is 0 Å². The highest BCUT2D eigenvalue weighted by Gasteiger charge is 2.16. The Morgan fingerprint density at radius 3 is 2.33 bits per heavy atom. The summed E-state index contributed by atoms with van der Waals surface area (Å²) in [6, 6.07) is 0. The van der Waals surface area contributed by atoms with E-state index in [-0.39, 0.29) is 5.54 Å². The van der Waals surface area contributed by atoms with Crippen molar-refractivity contribution in [2.24, 2.45) is 5.92 Å². The third kappa shape index (κ3) is 6.16. The number of hydrogen-bond donors (Lipinski definition) is 1. The number of rotatable bonds is 5. The molecule has 1 N–H and O–H groups in total. The quantitative estimate of drug-likeness (QED) is 0.753. The van der Waals surface area contributed by atoms with Crippen molar-refractivity contribution < 1.29 is 0 Å². The summed E-state index contributed by atoms with van der Waals surface area (Å²) >= 11 is 0. The molecular weight excluding hydrogens is 184 g/mol. The first-order valence-electron chi connectivity index (χ1n) is 6.41. The van der Waals surface area contributed by atoms with E-state index in [1.54, 1.807) is 0 Å². The monoisotopic (exact) mass is 212 g/mol. The summed E-state index contributed by atoms with van der Waals surface area (Å²) in [7, 11) is 2.25. The van der Waals surface area contributed by atoms with Gasteiger partial charge in [0.15, 0.2) is 0 Å². The lowest BCUT2D eigenvalue weighted by molar-refractivity contribution is 0.266. The van der Waals surface area contributed by atoms with Gasteiger partial charge in [0, 0.05) is 25.2 Å². The van der Waals surface area contributed by atoms with Crippen LogP contribution in [-0.2, 0) is 0 Å². The van der Waals surface area contributed by atoms with Crippen LogP contribution < -0.4 is 5.32 Å². The van der Waals surface area contributed by atoms with Crippen LogP contribution in [0.3, 0.4) is 0 Å². The molecule has 0 amide bonds. The fourth-order valence-corrected chi connectivity index (χ4v) is 2.35. The van der Waals surface area contributed by atoms with Crippen LogP contribution in [0.15, 0.2) is 0 Å². The fourth-order valence-electron chi connectivity index (χ4n) is 2.35. The normalized spacial score (nSPS) is 19.0. The zero-order chi connectivity index (χ0) is 11.3. The maximum atomic E-state index is 3.54. The van der Waals surface area contributed by atoms with Gasteiger partial charge in [-0.1, -0.05) is 12.8 Å². The van der Waals surface area contributed by atoms with Crippen LogP contribution in [0.4, 0.5) is 0 Å². The van der Waals surface area contributed by atoms with Crippen LogP contribution in [0.1, 0.15) is 46.5 Å². The number of nitrogens with zero attached hydrogens (tertiary/aromatic N) is 1. The van der Waals surface area contributed by atoms with E-state index in [0.717, 1.165) is 12.5 Å². The summed E-state index contributed by atoms with van der Waals surface area (Å²) in [5.41, 5.74) is 0.258. The molecule has 0 aromatic rings. The van der Waals surface area contributed by atoms with Crippen LogP contribution in [0.2, 0.25) is 0 Å². The zero-order valence-electron chi connectivity index (χ0n) is 11.0. The van der Waals surface area contributed by atoms with Gasteiger partial charge in [-0.15, -0.1) is 0 Å². The third-order valence-corrected chi connectivity index (χ3v) is 3.19. The summed E-state index contributed by atoms with van der Waals surface area (Å²) < 4.78 is 0. The molecule has 2 heteroatoms. The first-order valence-corrected chi connectivity index (χ1v) is 6.41. The van der Waals surface area contributed by atoms with E-state index >= 15 is 0 Å². The summed E-state index contributed by atoms with van der Waals surface area (Å²) in [6.07, 6.45) is 5.82. The number of hydrogen-bond acceptors (Lipinski definition) is 2. The summed E-state index contributed by atoms with van der Waals surface area (Å²) in [5.74, 6) is 0.977. The molecule has 0 heterocycles. The average Bonchev–Trinajstić information content (AvgIpc) is 2.54. The standard InChI is InChI=1S/C13H28N2/c1-13(2,3)14-9-10-15(4)11-12-7-5-6-8-12/h12,14H,5-11H2,1-4H3. The Balaban J connectivity index is 2.05. The Morgan fingerprint density at radius 2 is 1.80 bits per heavy atom. The maximum absolute atomic E-state index is 3.54. The molecular formula is C13H28N2. The van der Waals surface area contributed by atoms with E-state index in [4.69, 9.17) is 0 Å². The van der Waals surface area contributed by atoms with E-state index in [0.29, 0.717) is 0 Å². The van der Waals surface area contributed by atoms with Gasteiger partial charge in [0.2, 0.25) is 0 Å². The minimum Gasteiger partial charge on any atom is -0.311 e. The second kappa shape index (κ2) is 5.86. The molecule has 2 nitrogen and oxygen atoms in total. The van der Waals surface area contributed by atoms with E-state index in [2.05, 4.69) is 38.0 Å². The molecule has 15 heavy (non-hydrogen) atoms. The molecule has 0 aromatic carbocycles. The van der Waals surface area contributed by atoms with Gasteiger partial charge in [-0.3, -0.25) is 0 Å². The van der Waals surface area contributed by atoms with Crippen molar-refractivity contribution in [3.05, 3.63) is 0 Å². The Bertz CT molecular complexity index is 166. The molecule has 0 aliphatic heterocycles. The average molecular weight is 212 g/mol. The summed E-state index contributed by atoms with van der Waals surface area (Å²) in [4.78, 5) is 2.48. The van der Waals surface area contributed by atoms with Crippen molar-refractivity contribution >= 4 is 0 Å². The molecule has 1 aliphatic rings. The Hall–Kier alpha value is -0.0800. The molecule has 0 unspecified atom stereocenters. The lowest BCUT2D eigenvalue weighted by Crippen LogP contribution is -2.41. The summed E-state index contributed by atoms with van der Waals surface area (Å²) in [6.45, 7) is 10.3. The van der Waals surface area contributed by atoms with Crippen LogP contribution in [0, 0.1) is 5.92 Å². The minimum absolute atomic E-state index is 0.258. The smallest absolute Gasteiger partial charge is 0.0104 e. The predicted octanol–water partition coefficient (Wildman–Crippen LogP) is 2.50. The van der Waals surface area contributed by atoms with Gasteiger partial charge in [-0.25, -0.2) is 0 Å². The van der Waals surface area contributed by atoms with Crippen molar-refractivity contribution in [3.8, 4) is 0 Å². The van der Waals surface area contributed by atoms with Crippen molar-refractivity contribution in [1.82, 2.24) is 10.2 Å². The first kappa shape index (κ1) is 13.0. The predicted molar refractivity (Wildman–Crippen MR) is 67.2 cm³/mol. The van der Waals surface area contributed by atoms with Crippen LogP contribution in [0.5, 0.6) is 0 Å². The SMILES string of the molecule is CN(CCNC(C)(C)C)CC1CCCC1. The summed E-state index contributed by atoms with van der Waals surface area (Å²) in [5, 5.41) is 3.54. The molecule has 1 fully saturated rings. The highest BCUT2D eigenvalue weighted by atomic mass is 15.1. The van der Waals surface area contributed by atoms with E-state index < -0.39 is 0 Å². The molecule has 1 aliphatic carbocycles. The molecule has 0 aromatic heterocycles. The van der Waals surface area contributed by atoms with Gasteiger partial charge in [0.1, 0.15) is 0 Å². The zero-order valence-corrected chi connectivity index (χ0v) is 11.0. The number of nitrogens with one attached hydrogen (secondary N) is 1. The van der Waals surface area contributed by atoms with Crippen LogP contribution >= 0.6 is 0 Å². The topological polar surface area (TPSA) is 15.3 Å².